The minimum atomic E-state index is 0.584. The van der Waals surface area contributed by atoms with Crippen LogP contribution in [0.25, 0.3) is 0 Å². The van der Waals surface area contributed by atoms with Crippen molar-refractivity contribution in [2.24, 2.45) is 0 Å². The van der Waals surface area contributed by atoms with Gasteiger partial charge in [-0.05, 0) is 49.7 Å². The van der Waals surface area contributed by atoms with Gasteiger partial charge in [-0.1, -0.05) is 15.9 Å². The highest BCUT2D eigenvalue weighted by Crippen LogP contribution is 2.24. The number of hydrogen-bond donors (Lipinski definition) is 2. The Balaban J connectivity index is 1.77. The molecule has 0 aliphatic carbocycles. The lowest BCUT2D eigenvalue weighted by atomic mass is 10.2. The lowest BCUT2D eigenvalue weighted by Gasteiger charge is -2.11. The number of halogens is 1. The van der Waals surface area contributed by atoms with Gasteiger partial charge in [0.15, 0.2) is 0 Å². The molecule has 3 rings (SSSR count). The molecule has 2 N–H and O–H groups in total. The summed E-state index contributed by atoms with van der Waals surface area (Å²) in [6, 6.07) is 11.8. The molecule has 118 valence electrons. The zero-order chi connectivity index (χ0) is 16.2. The van der Waals surface area contributed by atoms with Gasteiger partial charge in [0, 0.05) is 16.2 Å². The second kappa shape index (κ2) is 6.83. The predicted octanol–water partition coefficient (Wildman–Crippen LogP) is 4.80. The molecule has 5 nitrogen and oxygen atoms in total. The average molecular weight is 373 g/mol. The molecule has 0 unspecified atom stereocenters. The molecule has 0 aliphatic rings. The number of rotatable bonds is 5. The van der Waals surface area contributed by atoms with Crippen molar-refractivity contribution in [3.8, 4) is 0 Å². The molecule has 1 aromatic carbocycles. The summed E-state index contributed by atoms with van der Waals surface area (Å²) in [7, 11) is 0. The second-order valence-corrected chi connectivity index (χ2v) is 6.12. The van der Waals surface area contributed by atoms with Gasteiger partial charge >= 0.3 is 0 Å². The van der Waals surface area contributed by atoms with Crippen molar-refractivity contribution < 1.29 is 4.42 Å². The monoisotopic (exact) mass is 372 g/mol. The Morgan fingerprint density at radius 3 is 2.65 bits per heavy atom. The van der Waals surface area contributed by atoms with Crippen LogP contribution >= 0.6 is 15.9 Å². The van der Waals surface area contributed by atoms with Crippen molar-refractivity contribution in [1.82, 2.24) is 9.97 Å². The van der Waals surface area contributed by atoms with E-state index in [1.165, 1.54) is 0 Å². The summed E-state index contributed by atoms with van der Waals surface area (Å²) in [4.78, 5) is 8.84. The van der Waals surface area contributed by atoms with Gasteiger partial charge in [-0.2, -0.15) is 0 Å². The van der Waals surface area contributed by atoms with E-state index in [-0.39, 0.29) is 0 Å². The fourth-order valence-electron chi connectivity index (χ4n) is 2.22. The normalized spacial score (nSPS) is 10.6. The van der Waals surface area contributed by atoms with Crippen LogP contribution < -0.4 is 10.6 Å². The summed E-state index contributed by atoms with van der Waals surface area (Å²) in [5.41, 5.74) is 2.16. The molecule has 0 aliphatic heterocycles. The molecule has 0 bridgehead atoms. The van der Waals surface area contributed by atoms with E-state index < -0.39 is 0 Å². The average Bonchev–Trinajstić information content (AvgIpc) is 3.01. The molecule has 0 radical (unpaired) electrons. The Morgan fingerprint density at radius 2 is 1.91 bits per heavy atom. The van der Waals surface area contributed by atoms with E-state index in [0.29, 0.717) is 12.4 Å². The van der Waals surface area contributed by atoms with E-state index in [1.54, 1.807) is 6.26 Å². The zero-order valence-corrected chi connectivity index (χ0v) is 14.5. The molecule has 0 spiro atoms. The van der Waals surface area contributed by atoms with Crippen molar-refractivity contribution in [1.29, 1.82) is 0 Å². The van der Waals surface area contributed by atoms with E-state index in [9.17, 15) is 0 Å². The van der Waals surface area contributed by atoms with Crippen LogP contribution in [0.1, 0.15) is 17.1 Å². The highest BCUT2D eigenvalue weighted by Gasteiger charge is 2.05. The number of nitrogens with zero attached hydrogens (tertiary/aromatic N) is 2. The molecule has 0 fully saturated rings. The van der Waals surface area contributed by atoms with Crippen LogP contribution in [-0.4, -0.2) is 9.97 Å². The molecule has 0 amide bonds. The third-order valence-electron chi connectivity index (χ3n) is 3.31. The van der Waals surface area contributed by atoms with Crippen molar-refractivity contribution in [3.63, 3.8) is 0 Å². The first kappa shape index (κ1) is 15.6. The van der Waals surface area contributed by atoms with Crippen molar-refractivity contribution in [2.75, 3.05) is 10.6 Å². The minimum Gasteiger partial charge on any atom is -0.467 e. The number of aryl methyl sites for hydroxylation is 2. The Kier molecular flexibility index (Phi) is 4.62. The largest absolute Gasteiger partial charge is 0.467 e. The van der Waals surface area contributed by atoms with Gasteiger partial charge in [-0.25, -0.2) is 9.97 Å². The quantitative estimate of drug-likeness (QED) is 0.672. The molecule has 2 heterocycles. The highest BCUT2D eigenvalue weighted by atomic mass is 79.9. The van der Waals surface area contributed by atoms with Gasteiger partial charge in [-0.15, -0.1) is 0 Å². The first-order valence-corrected chi connectivity index (χ1v) is 8.04. The second-order valence-electron chi connectivity index (χ2n) is 5.20. The molecule has 0 saturated carbocycles. The lowest BCUT2D eigenvalue weighted by Crippen LogP contribution is -2.05. The summed E-state index contributed by atoms with van der Waals surface area (Å²) in [5.74, 6) is 3.07. The standard InChI is InChI=1S/C17H17BrN4O/c1-11-8-13(18)5-6-15(11)22-17-9-16(20-12(2)21-17)19-10-14-4-3-7-23-14/h3-9H,10H2,1-2H3,(H2,19,20,21,22). The summed E-state index contributed by atoms with van der Waals surface area (Å²) in [6.45, 7) is 4.51. The molecule has 3 aromatic rings. The molecular formula is C17H17BrN4O. The number of benzene rings is 1. The van der Waals surface area contributed by atoms with Gasteiger partial charge in [0.25, 0.3) is 0 Å². The first-order chi connectivity index (χ1) is 11.1. The van der Waals surface area contributed by atoms with E-state index in [1.807, 2.05) is 37.3 Å². The summed E-state index contributed by atoms with van der Waals surface area (Å²) in [5, 5.41) is 6.58. The van der Waals surface area contributed by atoms with Gasteiger partial charge in [0.1, 0.15) is 23.2 Å². The van der Waals surface area contributed by atoms with E-state index >= 15 is 0 Å². The Labute approximate surface area is 143 Å². The lowest BCUT2D eigenvalue weighted by molar-refractivity contribution is 0.518. The molecule has 0 saturated heterocycles. The zero-order valence-electron chi connectivity index (χ0n) is 12.9. The number of hydrogen-bond acceptors (Lipinski definition) is 5. The fourth-order valence-corrected chi connectivity index (χ4v) is 2.69. The molecular weight excluding hydrogens is 356 g/mol. The van der Waals surface area contributed by atoms with E-state index in [0.717, 1.165) is 33.1 Å². The van der Waals surface area contributed by atoms with Crippen LogP contribution in [-0.2, 0) is 6.54 Å². The van der Waals surface area contributed by atoms with Crippen molar-refractivity contribution in [2.45, 2.75) is 20.4 Å². The molecule has 6 heteroatoms. The van der Waals surface area contributed by atoms with Gasteiger partial charge in [0.05, 0.1) is 12.8 Å². The van der Waals surface area contributed by atoms with Gasteiger partial charge < -0.3 is 15.1 Å². The number of nitrogens with one attached hydrogen (secondary N) is 2. The summed E-state index contributed by atoms with van der Waals surface area (Å²) in [6.07, 6.45) is 1.66. The number of anilines is 3. The Bertz CT molecular complexity index is 802. The SMILES string of the molecule is Cc1nc(NCc2ccco2)cc(Nc2ccc(Br)cc2C)n1. The molecule has 23 heavy (non-hydrogen) atoms. The minimum absolute atomic E-state index is 0.584. The summed E-state index contributed by atoms with van der Waals surface area (Å²) < 4.78 is 6.37. The van der Waals surface area contributed by atoms with Crippen LogP contribution in [0.15, 0.2) is 51.6 Å². The van der Waals surface area contributed by atoms with Gasteiger partial charge in [-0.3, -0.25) is 0 Å². The van der Waals surface area contributed by atoms with E-state index in [4.69, 9.17) is 4.42 Å². The van der Waals surface area contributed by atoms with Crippen LogP contribution in [0.2, 0.25) is 0 Å². The molecule has 0 atom stereocenters. The van der Waals surface area contributed by atoms with Crippen molar-refractivity contribution in [3.05, 3.63) is 64.3 Å². The van der Waals surface area contributed by atoms with E-state index in [2.05, 4.69) is 49.5 Å². The Morgan fingerprint density at radius 1 is 1.09 bits per heavy atom. The van der Waals surface area contributed by atoms with Crippen LogP contribution in [0.5, 0.6) is 0 Å². The maximum atomic E-state index is 5.31. The number of aromatic nitrogens is 2. The smallest absolute Gasteiger partial charge is 0.136 e. The van der Waals surface area contributed by atoms with Crippen LogP contribution in [0.3, 0.4) is 0 Å². The van der Waals surface area contributed by atoms with Crippen LogP contribution in [0, 0.1) is 13.8 Å². The third-order valence-corrected chi connectivity index (χ3v) is 3.81. The topological polar surface area (TPSA) is 63.0 Å². The maximum Gasteiger partial charge on any atom is 0.136 e. The van der Waals surface area contributed by atoms with Crippen LogP contribution in [0.4, 0.5) is 17.3 Å². The highest BCUT2D eigenvalue weighted by molar-refractivity contribution is 9.10. The molecule has 2 aromatic heterocycles. The van der Waals surface area contributed by atoms with Gasteiger partial charge in [0.2, 0.25) is 0 Å². The predicted molar refractivity (Wildman–Crippen MR) is 95.0 cm³/mol. The number of furan rings is 1. The maximum absolute atomic E-state index is 5.31. The Hall–Kier alpha value is -2.34. The van der Waals surface area contributed by atoms with Crippen molar-refractivity contribution >= 4 is 33.3 Å². The first-order valence-electron chi connectivity index (χ1n) is 7.25. The fraction of sp³-hybridized carbons (Fsp3) is 0.176. The third kappa shape index (κ3) is 4.10. The summed E-state index contributed by atoms with van der Waals surface area (Å²) >= 11 is 3.47.